The third-order valence-corrected chi connectivity index (χ3v) is 11.5. The van der Waals surface area contributed by atoms with Crippen LogP contribution in [0.1, 0.15) is 49.9 Å². The Balaban J connectivity index is 1.21. The standard InChI is InChI=1S/C42H33NS/c1-41(2)32-15-9-11-17-38(32)44-40-34(41)22-21-33-39(40)30-20-18-27(25-35(30)42(33,3)4)26-19-23-37-31(24-26)29-14-8-10-16-36(29)43(37)28-12-6-5-7-13-28/h5-25H,1-4H3. The summed E-state index contributed by atoms with van der Waals surface area (Å²) in [4.78, 5) is 2.81. The minimum absolute atomic E-state index is 0.0343. The largest absolute Gasteiger partial charge is 0.309 e. The zero-order valence-electron chi connectivity index (χ0n) is 25.5. The molecule has 2 heterocycles. The molecule has 0 N–H and O–H groups in total. The Labute approximate surface area is 263 Å². The normalized spacial score (nSPS) is 15.5. The minimum atomic E-state index is -0.0786. The van der Waals surface area contributed by atoms with Crippen LogP contribution in [0.2, 0.25) is 0 Å². The molecule has 0 spiro atoms. The second-order valence-corrected chi connectivity index (χ2v) is 14.4. The highest BCUT2D eigenvalue weighted by Gasteiger charge is 2.42. The van der Waals surface area contributed by atoms with Gasteiger partial charge in [0.2, 0.25) is 0 Å². The molecule has 0 atom stereocenters. The zero-order chi connectivity index (χ0) is 29.8. The van der Waals surface area contributed by atoms with Crippen molar-refractivity contribution < 1.29 is 0 Å². The van der Waals surface area contributed by atoms with E-state index in [1.807, 2.05) is 11.8 Å². The number of nitrogens with zero attached hydrogens (tertiary/aromatic N) is 1. The fraction of sp³-hybridized carbons (Fsp3) is 0.143. The first kappa shape index (κ1) is 25.9. The van der Waals surface area contributed by atoms with Gasteiger partial charge in [0, 0.05) is 42.6 Å². The minimum Gasteiger partial charge on any atom is -0.309 e. The van der Waals surface area contributed by atoms with Gasteiger partial charge in [0.25, 0.3) is 0 Å². The molecule has 0 saturated carbocycles. The van der Waals surface area contributed by atoms with Gasteiger partial charge in [-0.1, -0.05) is 124 Å². The molecular formula is C42H33NS. The van der Waals surface area contributed by atoms with Gasteiger partial charge in [-0.05, 0) is 81.4 Å². The summed E-state index contributed by atoms with van der Waals surface area (Å²) < 4.78 is 2.39. The molecule has 0 radical (unpaired) electrons. The van der Waals surface area contributed by atoms with E-state index in [0.29, 0.717) is 0 Å². The first-order valence-corrected chi connectivity index (χ1v) is 16.3. The molecule has 6 aromatic carbocycles. The molecule has 1 aliphatic carbocycles. The highest BCUT2D eigenvalue weighted by Crippen LogP contribution is 2.59. The van der Waals surface area contributed by atoms with Crippen LogP contribution in [0, 0.1) is 0 Å². The molecule has 0 amide bonds. The van der Waals surface area contributed by atoms with Gasteiger partial charge in [0.1, 0.15) is 0 Å². The molecule has 9 rings (SSSR count). The third-order valence-electron chi connectivity index (χ3n) is 10.3. The third kappa shape index (κ3) is 3.43. The van der Waals surface area contributed by atoms with Crippen LogP contribution in [0.4, 0.5) is 0 Å². The zero-order valence-corrected chi connectivity index (χ0v) is 26.3. The second-order valence-electron chi connectivity index (χ2n) is 13.4. The van der Waals surface area contributed by atoms with Gasteiger partial charge in [-0.3, -0.25) is 0 Å². The molecule has 212 valence electrons. The molecule has 7 aromatic rings. The topological polar surface area (TPSA) is 4.93 Å². The van der Waals surface area contributed by atoms with Crippen LogP contribution in [-0.2, 0) is 10.8 Å². The van der Waals surface area contributed by atoms with Crippen LogP contribution in [0.3, 0.4) is 0 Å². The molecule has 0 bridgehead atoms. The van der Waals surface area contributed by atoms with Crippen molar-refractivity contribution in [2.75, 3.05) is 0 Å². The first-order valence-electron chi connectivity index (χ1n) is 15.5. The average Bonchev–Trinajstić information content (AvgIpc) is 3.50. The maximum absolute atomic E-state index is 2.46. The Hall–Kier alpha value is -4.53. The van der Waals surface area contributed by atoms with Crippen LogP contribution in [-0.4, -0.2) is 4.57 Å². The van der Waals surface area contributed by atoms with Gasteiger partial charge >= 0.3 is 0 Å². The summed E-state index contributed by atoms with van der Waals surface area (Å²) in [7, 11) is 0. The number of aromatic nitrogens is 1. The number of benzene rings is 6. The summed E-state index contributed by atoms with van der Waals surface area (Å²) in [6.45, 7) is 9.56. The summed E-state index contributed by atoms with van der Waals surface area (Å²) in [6, 6.07) is 47.4. The highest BCUT2D eigenvalue weighted by atomic mass is 32.2. The van der Waals surface area contributed by atoms with Crippen molar-refractivity contribution in [3.05, 3.63) is 150 Å². The number of hydrogen-bond donors (Lipinski definition) is 0. The molecule has 1 aromatic heterocycles. The first-order chi connectivity index (χ1) is 21.3. The smallest absolute Gasteiger partial charge is 0.0541 e. The number of fused-ring (bicyclic) bond motifs is 9. The van der Waals surface area contributed by atoms with E-state index in [0.717, 1.165) is 0 Å². The maximum atomic E-state index is 2.46. The van der Waals surface area contributed by atoms with Crippen molar-refractivity contribution in [1.82, 2.24) is 4.57 Å². The van der Waals surface area contributed by atoms with Crippen LogP contribution in [0.5, 0.6) is 0 Å². The monoisotopic (exact) mass is 583 g/mol. The van der Waals surface area contributed by atoms with Crippen molar-refractivity contribution in [3.8, 4) is 27.9 Å². The van der Waals surface area contributed by atoms with Gasteiger partial charge in [0.15, 0.2) is 0 Å². The summed E-state index contributed by atoms with van der Waals surface area (Å²) in [6.07, 6.45) is 0. The van der Waals surface area contributed by atoms with E-state index in [1.54, 1.807) is 0 Å². The van der Waals surface area contributed by atoms with E-state index in [9.17, 15) is 0 Å². The van der Waals surface area contributed by atoms with Gasteiger partial charge in [-0.15, -0.1) is 0 Å². The van der Waals surface area contributed by atoms with Crippen molar-refractivity contribution in [3.63, 3.8) is 0 Å². The van der Waals surface area contributed by atoms with Crippen molar-refractivity contribution >= 4 is 33.6 Å². The summed E-state index contributed by atoms with van der Waals surface area (Å²) in [5.41, 5.74) is 14.6. The Morgan fingerprint density at radius 1 is 0.500 bits per heavy atom. The van der Waals surface area contributed by atoms with E-state index in [2.05, 4.69) is 160 Å². The number of para-hydroxylation sites is 2. The summed E-state index contributed by atoms with van der Waals surface area (Å²) >= 11 is 1.96. The van der Waals surface area contributed by atoms with E-state index < -0.39 is 0 Å². The van der Waals surface area contributed by atoms with E-state index in [1.165, 1.54) is 81.8 Å². The van der Waals surface area contributed by atoms with Crippen molar-refractivity contribution in [2.24, 2.45) is 0 Å². The number of rotatable bonds is 2. The van der Waals surface area contributed by atoms with Crippen LogP contribution >= 0.6 is 11.8 Å². The van der Waals surface area contributed by atoms with Crippen molar-refractivity contribution in [1.29, 1.82) is 0 Å². The van der Waals surface area contributed by atoms with E-state index in [4.69, 9.17) is 0 Å². The van der Waals surface area contributed by atoms with Crippen LogP contribution in [0.15, 0.2) is 137 Å². The van der Waals surface area contributed by atoms with Gasteiger partial charge in [-0.2, -0.15) is 0 Å². The van der Waals surface area contributed by atoms with Gasteiger partial charge in [0.05, 0.1) is 11.0 Å². The Morgan fingerprint density at radius 2 is 1.16 bits per heavy atom. The van der Waals surface area contributed by atoms with E-state index >= 15 is 0 Å². The van der Waals surface area contributed by atoms with Crippen LogP contribution < -0.4 is 0 Å². The highest BCUT2D eigenvalue weighted by molar-refractivity contribution is 7.99. The molecule has 1 nitrogen and oxygen atoms in total. The maximum Gasteiger partial charge on any atom is 0.0541 e. The second kappa shape index (κ2) is 9.00. The lowest BCUT2D eigenvalue weighted by molar-refractivity contribution is 0.604. The molecule has 2 heteroatoms. The SMILES string of the molecule is CC1(C)c2ccccc2Sc2c1ccc1c2-c2ccc(-c3ccc4c(c3)c3ccccc3n4-c3ccccc3)cc2C1(C)C. The molecule has 44 heavy (non-hydrogen) atoms. The lowest BCUT2D eigenvalue weighted by Gasteiger charge is -2.36. The predicted octanol–water partition coefficient (Wildman–Crippen LogP) is 11.5. The van der Waals surface area contributed by atoms with E-state index in [-0.39, 0.29) is 10.8 Å². The van der Waals surface area contributed by atoms with Gasteiger partial charge < -0.3 is 4.57 Å². The lowest BCUT2D eigenvalue weighted by atomic mass is 9.75. The average molecular weight is 584 g/mol. The quantitative estimate of drug-likeness (QED) is 0.196. The Kier molecular flexibility index (Phi) is 5.30. The molecule has 0 fully saturated rings. The summed E-state index contributed by atoms with van der Waals surface area (Å²) in [5, 5.41) is 2.57. The van der Waals surface area contributed by atoms with Crippen molar-refractivity contribution in [2.45, 2.75) is 48.3 Å². The number of hydrogen-bond acceptors (Lipinski definition) is 1. The molecule has 2 aliphatic rings. The predicted molar refractivity (Wildman–Crippen MR) is 186 cm³/mol. The van der Waals surface area contributed by atoms with Gasteiger partial charge in [-0.25, -0.2) is 0 Å². The molecule has 0 saturated heterocycles. The molecular weight excluding hydrogens is 551 g/mol. The Bertz CT molecular complexity index is 2300. The summed E-state index contributed by atoms with van der Waals surface area (Å²) in [5.74, 6) is 0. The van der Waals surface area contributed by atoms with Crippen LogP contribution in [0.25, 0.3) is 49.7 Å². The molecule has 1 aliphatic heterocycles. The fourth-order valence-corrected chi connectivity index (χ4v) is 9.46. The fourth-order valence-electron chi connectivity index (χ4n) is 7.91. The Morgan fingerprint density at radius 3 is 2.02 bits per heavy atom. The molecule has 0 unspecified atom stereocenters. The lowest BCUT2D eigenvalue weighted by Crippen LogP contribution is -2.24.